The van der Waals surface area contributed by atoms with Crippen molar-refractivity contribution >= 4 is 66.8 Å². The molecule has 2 aliphatic heterocycles. The van der Waals surface area contributed by atoms with Crippen LogP contribution >= 0.6 is 23.1 Å². The van der Waals surface area contributed by atoms with E-state index in [-0.39, 0.29) is 0 Å². The molecule has 2 fully saturated rings. The molecule has 0 atom stereocenters. The Morgan fingerprint density at radius 2 is 1.10 bits per heavy atom. The monoisotopic (exact) mass is 569 g/mol. The number of anilines is 2. The third-order valence-electron chi connectivity index (χ3n) is 7.61. The van der Waals surface area contributed by atoms with Gasteiger partial charge in [0.25, 0.3) is 5.95 Å². The van der Waals surface area contributed by atoms with Crippen LogP contribution in [-0.4, -0.2) is 86.8 Å². The van der Waals surface area contributed by atoms with Crippen LogP contribution in [-0.2, 0) is 0 Å². The fraction of sp³-hybridized carbons (Fsp3) is 0.345. The van der Waals surface area contributed by atoms with Gasteiger partial charge >= 0.3 is 0 Å². The lowest BCUT2D eigenvalue weighted by Crippen LogP contribution is -2.57. The van der Waals surface area contributed by atoms with Gasteiger partial charge in [-0.15, -0.1) is 0 Å². The van der Waals surface area contributed by atoms with Gasteiger partial charge in [0, 0.05) is 74.5 Å². The Hall–Kier alpha value is -3.83. The van der Waals surface area contributed by atoms with Gasteiger partial charge in [-0.05, 0) is 67.2 Å². The zero-order valence-corrected chi connectivity index (χ0v) is 24.3. The molecule has 40 heavy (non-hydrogen) atoms. The molecule has 5 aromatic rings. The van der Waals surface area contributed by atoms with Crippen molar-refractivity contribution in [3.05, 3.63) is 66.0 Å². The van der Waals surface area contributed by atoms with Gasteiger partial charge in [0.15, 0.2) is 0 Å². The van der Waals surface area contributed by atoms with E-state index in [4.69, 9.17) is 13.7 Å². The highest BCUT2D eigenvalue weighted by Crippen LogP contribution is 2.31. The van der Waals surface area contributed by atoms with Gasteiger partial charge in [-0.2, -0.15) is 13.7 Å². The van der Waals surface area contributed by atoms with Gasteiger partial charge in [0.2, 0.25) is 5.96 Å². The summed E-state index contributed by atoms with van der Waals surface area (Å²) in [6.07, 6.45) is 0. The topological polar surface area (TPSA) is 76.9 Å². The highest BCUT2D eigenvalue weighted by molar-refractivity contribution is 7.14. The van der Waals surface area contributed by atoms with Crippen molar-refractivity contribution in [2.24, 2.45) is 4.99 Å². The molecule has 0 unspecified atom stereocenters. The van der Waals surface area contributed by atoms with E-state index in [0.29, 0.717) is 5.95 Å². The van der Waals surface area contributed by atoms with Gasteiger partial charge in [-0.1, -0.05) is 24.3 Å². The molecule has 0 amide bonds. The summed E-state index contributed by atoms with van der Waals surface area (Å²) >= 11 is 3.16. The molecule has 2 saturated heterocycles. The number of hydrogen-bond acceptors (Lipinski definition) is 9. The Bertz CT molecular complexity index is 1560. The van der Waals surface area contributed by atoms with Crippen LogP contribution in [0.15, 0.2) is 59.6 Å². The second kappa shape index (κ2) is 10.6. The number of piperazine rings is 2. The van der Waals surface area contributed by atoms with Gasteiger partial charge < -0.3 is 19.6 Å². The SMILES string of the molecule is Cc1cc(C)nc(N=C(N2CCN(c3nsc4ccccc34)CC2)N2CCN(c3nsc4ccccc34)CC2)n1. The maximum absolute atomic E-state index is 5.09. The van der Waals surface area contributed by atoms with Crippen LogP contribution in [0.1, 0.15) is 11.4 Å². The number of hydrogen-bond donors (Lipinski definition) is 0. The molecule has 0 spiro atoms. The average Bonchev–Trinajstić information content (AvgIpc) is 3.61. The van der Waals surface area contributed by atoms with Crippen LogP contribution in [0.3, 0.4) is 0 Å². The first-order valence-corrected chi connectivity index (χ1v) is 15.3. The molecule has 0 bridgehead atoms. The molecule has 3 aromatic heterocycles. The third-order valence-corrected chi connectivity index (χ3v) is 9.25. The first-order chi connectivity index (χ1) is 19.6. The van der Waals surface area contributed by atoms with E-state index in [0.717, 1.165) is 81.3 Å². The van der Waals surface area contributed by atoms with E-state index in [1.165, 1.54) is 20.2 Å². The van der Waals surface area contributed by atoms with Crippen molar-refractivity contribution in [3.63, 3.8) is 0 Å². The number of aromatic nitrogens is 4. The van der Waals surface area contributed by atoms with Gasteiger partial charge in [-0.3, -0.25) is 0 Å². The van der Waals surface area contributed by atoms with Crippen LogP contribution < -0.4 is 9.80 Å². The minimum absolute atomic E-state index is 0.536. The van der Waals surface area contributed by atoms with E-state index < -0.39 is 0 Å². The zero-order valence-electron chi connectivity index (χ0n) is 22.7. The normalized spacial score (nSPS) is 16.2. The highest BCUT2D eigenvalue weighted by Gasteiger charge is 2.29. The van der Waals surface area contributed by atoms with Gasteiger partial charge in [-0.25, -0.2) is 9.97 Å². The molecule has 0 saturated carbocycles. The second-order valence-electron chi connectivity index (χ2n) is 10.3. The molecule has 7 rings (SSSR count). The van der Waals surface area contributed by atoms with Crippen LogP contribution in [0.2, 0.25) is 0 Å². The predicted molar refractivity (Wildman–Crippen MR) is 165 cm³/mol. The first kappa shape index (κ1) is 25.2. The number of benzene rings is 2. The lowest BCUT2D eigenvalue weighted by Gasteiger charge is -2.43. The summed E-state index contributed by atoms with van der Waals surface area (Å²) in [5.74, 6) is 3.70. The van der Waals surface area contributed by atoms with Crippen molar-refractivity contribution < 1.29 is 0 Å². The van der Waals surface area contributed by atoms with Crippen molar-refractivity contribution in [3.8, 4) is 0 Å². The summed E-state index contributed by atoms with van der Waals surface area (Å²) in [6.45, 7) is 11.0. The molecule has 2 aliphatic rings. The fourth-order valence-electron chi connectivity index (χ4n) is 5.63. The Morgan fingerprint density at radius 3 is 1.57 bits per heavy atom. The van der Waals surface area contributed by atoms with E-state index >= 15 is 0 Å². The zero-order chi connectivity index (χ0) is 27.1. The lowest BCUT2D eigenvalue weighted by molar-refractivity contribution is 0.292. The van der Waals surface area contributed by atoms with Crippen molar-refractivity contribution in [2.75, 3.05) is 62.2 Å². The minimum Gasteiger partial charge on any atom is -0.352 e. The Morgan fingerprint density at radius 1 is 0.650 bits per heavy atom. The number of aliphatic imine (C=N–C) groups is 1. The molecule has 11 heteroatoms. The highest BCUT2D eigenvalue weighted by atomic mass is 32.1. The molecule has 0 aliphatic carbocycles. The summed E-state index contributed by atoms with van der Waals surface area (Å²) in [5, 5.41) is 2.48. The Kier molecular flexibility index (Phi) is 6.68. The molecule has 204 valence electrons. The van der Waals surface area contributed by atoms with Gasteiger partial charge in [0.05, 0.1) is 9.40 Å². The number of guanidine groups is 1. The number of fused-ring (bicyclic) bond motifs is 2. The molecule has 2 aromatic carbocycles. The fourth-order valence-corrected chi connectivity index (χ4v) is 7.22. The molecule has 0 N–H and O–H groups in total. The number of aryl methyl sites for hydroxylation is 2. The van der Waals surface area contributed by atoms with Crippen molar-refractivity contribution in [2.45, 2.75) is 13.8 Å². The molecular weight excluding hydrogens is 539 g/mol. The maximum atomic E-state index is 5.09. The number of nitrogens with zero attached hydrogens (tertiary/aromatic N) is 9. The quantitative estimate of drug-likeness (QED) is 0.223. The first-order valence-electron chi connectivity index (χ1n) is 13.7. The van der Waals surface area contributed by atoms with Crippen LogP contribution in [0.25, 0.3) is 20.2 Å². The third kappa shape index (κ3) is 4.84. The minimum atomic E-state index is 0.536. The van der Waals surface area contributed by atoms with Crippen molar-refractivity contribution in [1.82, 2.24) is 28.5 Å². The van der Waals surface area contributed by atoms with E-state index in [2.05, 4.69) is 78.1 Å². The van der Waals surface area contributed by atoms with E-state index in [1.807, 2.05) is 19.9 Å². The summed E-state index contributed by atoms with van der Waals surface area (Å²) in [7, 11) is 0. The lowest BCUT2D eigenvalue weighted by atomic mass is 10.2. The van der Waals surface area contributed by atoms with Crippen LogP contribution in [0.5, 0.6) is 0 Å². The second-order valence-corrected chi connectivity index (χ2v) is 11.9. The van der Waals surface area contributed by atoms with Gasteiger partial charge in [0.1, 0.15) is 11.6 Å². The smallest absolute Gasteiger partial charge is 0.253 e. The van der Waals surface area contributed by atoms with Crippen LogP contribution in [0, 0.1) is 13.8 Å². The summed E-state index contributed by atoms with van der Waals surface area (Å²) in [4.78, 5) is 24.0. The molecular formula is C29H31N9S2. The molecule has 9 nitrogen and oxygen atoms in total. The number of rotatable bonds is 3. The maximum Gasteiger partial charge on any atom is 0.253 e. The van der Waals surface area contributed by atoms with E-state index in [9.17, 15) is 0 Å². The summed E-state index contributed by atoms with van der Waals surface area (Å²) < 4.78 is 12.1. The standard InChI is InChI=1S/C29H31N9S2/c1-20-19-21(2)31-28(30-20)32-29(37-15-11-35(12-16-37)26-22-7-3-5-9-24(22)39-33-26)38-17-13-36(14-18-38)27-23-8-4-6-10-25(23)40-34-27/h3-10,19H,11-18H2,1-2H3. The Balaban J connectivity index is 1.12. The van der Waals surface area contributed by atoms with E-state index in [1.54, 1.807) is 23.1 Å². The predicted octanol–water partition coefficient (Wildman–Crippen LogP) is 4.94. The summed E-state index contributed by atoms with van der Waals surface area (Å²) in [6, 6.07) is 19.0. The molecule has 5 heterocycles. The summed E-state index contributed by atoms with van der Waals surface area (Å²) in [5.41, 5.74) is 1.87. The largest absolute Gasteiger partial charge is 0.352 e. The van der Waals surface area contributed by atoms with Crippen LogP contribution in [0.4, 0.5) is 17.6 Å². The Labute approximate surface area is 241 Å². The van der Waals surface area contributed by atoms with Crippen molar-refractivity contribution in [1.29, 1.82) is 0 Å². The average molecular weight is 570 g/mol. The molecule has 0 radical (unpaired) electrons.